The highest BCUT2D eigenvalue weighted by atomic mass is 35.5. The van der Waals surface area contributed by atoms with Gasteiger partial charge >= 0.3 is 0 Å². The molecule has 1 aliphatic rings. The van der Waals surface area contributed by atoms with E-state index >= 15 is 0 Å². The molecule has 0 aromatic heterocycles. The van der Waals surface area contributed by atoms with Crippen LogP contribution in [0.5, 0.6) is 5.75 Å². The molecule has 0 amide bonds. The van der Waals surface area contributed by atoms with E-state index in [0.29, 0.717) is 29.5 Å². The second kappa shape index (κ2) is 4.72. The highest BCUT2D eigenvalue weighted by Gasteiger charge is 2.19. The van der Waals surface area contributed by atoms with Crippen molar-refractivity contribution in [3.05, 3.63) is 28.8 Å². The third-order valence-electron chi connectivity index (χ3n) is 2.42. The fraction of sp³-hybridized carbons (Fsp3) is 0.364. The van der Waals surface area contributed by atoms with Gasteiger partial charge in [0.1, 0.15) is 17.7 Å². The summed E-state index contributed by atoms with van der Waals surface area (Å²) in [6.07, 6.45) is 0.876. The van der Waals surface area contributed by atoms with Crippen LogP contribution in [-0.4, -0.2) is 25.2 Å². The van der Waals surface area contributed by atoms with Crippen molar-refractivity contribution in [3.8, 4) is 5.75 Å². The van der Waals surface area contributed by atoms with Crippen LogP contribution in [-0.2, 0) is 4.74 Å². The van der Waals surface area contributed by atoms with E-state index in [0.717, 1.165) is 6.42 Å². The molecule has 5 heteroatoms. The Bertz CT molecular complexity index is 403. The van der Waals surface area contributed by atoms with E-state index < -0.39 is 0 Å². The van der Waals surface area contributed by atoms with E-state index in [9.17, 15) is 0 Å². The molecule has 1 aromatic carbocycles. The molecule has 0 saturated carbocycles. The van der Waals surface area contributed by atoms with Gasteiger partial charge in [-0.15, -0.1) is 0 Å². The largest absolute Gasteiger partial charge is 0.487 e. The smallest absolute Gasteiger partial charge is 0.132 e. The summed E-state index contributed by atoms with van der Waals surface area (Å²) in [5.74, 6) is 0.529. The molecular weight excluding hydrogens is 228 g/mol. The molecule has 0 radical (unpaired) electrons. The maximum atomic E-state index is 7.44. The molecule has 1 atom stereocenters. The van der Waals surface area contributed by atoms with Gasteiger partial charge in [0, 0.05) is 11.4 Å². The topological polar surface area (TPSA) is 68.3 Å². The summed E-state index contributed by atoms with van der Waals surface area (Å²) in [6.45, 7) is 1.28. The number of ether oxygens (including phenoxy) is 2. The predicted octanol–water partition coefficient (Wildman–Crippen LogP) is 1.79. The van der Waals surface area contributed by atoms with Crippen LogP contribution in [0, 0.1) is 5.41 Å². The lowest BCUT2D eigenvalue weighted by atomic mass is 10.2. The van der Waals surface area contributed by atoms with Gasteiger partial charge in [-0.3, -0.25) is 5.41 Å². The van der Waals surface area contributed by atoms with Crippen molar-refractivity contribution in [3.63, 3.8) is 0 Å². The first-order valence-electron chi connectivity index (χ1n) is 5.05. The third-order valence-corrected chi connectivity index (χ3v) is 2.65. The Morgan fingerprint density at radius 2 is 2.38 bits per heavy atom. The van der Waals surface area contributed by atoms with Crippen molar-refractivity contribution >= 4 is 17.4 Å². The quantitative estimate of drug-likeness (QED) is 0.625. The minimum Gasteiger partial charge on any atom is -0.487 e. The number of rotatable bonds is 3. The summed E-state index contributed by atoms with van der Waals surface area (Å²) in [5.41, 5.74) is 6.03. The van der Waals surface area contributed by atoms with Crippen molar-refractivity contribution in [1.82, 2.24) is 0 Å². The summed E-state index contributed by atoms with van der Waals surface area (Å²) in [4.78, 5) is 0. The Labute approximate surface area is 98.8 Å². The highest BCUT2D eigenvalue weighted by molar-refractivity contribution is 6.30. The number of hydrogen-bond donors (Lipinski definition) is 2. The SMILES string of the molecule is N=C(N)c1ccc(Cl)cc1OC1CCOC1. The highest BCUT2D eigenvalue weighted by Crippen LogP contribution is 2.25. The number of hydrogen-bond acceptors (Lipinski definition) is 3. The zero-order chi connectivity index (χ0) is 11.5. The van der Waals surface area contributed by atoms with Crippen LogP contribution in [0.2, 0.25) is 5.02 Å². The molecule has 0 aliphatic carbocycles. The maximum Gasteiger partial charge on any atom is 0.132 e. The van der Waals surface area contributed by atoms with Crippen LogP contribution < -0.4 is 10.5 Å². The Morgan fingerprint density at radius 3 is 3.00 bits per heavy atom. The number of amidine groups is 1. The standard InChI is InChI=1S/C11H13ClN2O2/c12-7-1-2-9(11(13)14)10(5-7)16-8-3-4-15-6-8/h1-2,5,8H,3-4,6H2,(H3,13,14). The molecule has 1 fully saturated rings. The molecule has 1 unspecified atom stereocenters. The van der Waals surface area contributed by atoms with Crippen LogP contribution in [0.15, 0.2) is 18.2 Å². The van der Waals surface area contributed by atoms with E-state index in [4.69, 9.17) is 32.2 Å². The lowest BCUT2D eigenvalue weighted by Crippen LogP contribution is -2.19. The lowest BCUT2D eigenvalue weighted by molar-refractivity contribution is 0.141. The minimum atomic E-state index is -0.0226. The monoisotopic (exact) mass is 240 g/mol. The Morgan fingerprint density at radius 1 is 1.56 bits per heavy atom. The fourth-order valence-corrected chi connectivity index (χ4v) is 1.76. The Hall–Kier alpha value is -1.26. The Balaban J connectivity index is 2.22. The Kier molecular flexibility index (Phi) is 3.31. The first kappa shape index (κ1) is 11.2. The number of halogens is 1. The van der Waals surface area contributed by atoms with Gasteiger partial charge in [-0.2, -0.15) is 0 Å². The molecule has 16 heavy (non-hydrogen) atoms. The van der Waals surface area contributed by atoms with Gasteiger partial charge in [0.15, 0.2) is 0 Å². The second-order valence-electron chi connectivity index (χ2n) is 3.66. The second-order valence-corrected chi connectivity index (χ2v) is 4.09. The predicted molar refractivity (Wildman–Crippen MR) is 62.3 cm³/mol. The summed E-state index contributed by atoms with van der Waals surface area (Å²) in [7, 11) is 0. The number of nitrogens with two attached hydrogens (primary N) is 1. The minimum absolute atomic E-state index is 0.0226. The molecule has 1 aromatic rings. The van der Waals surface area contributed by atoms with Crippen LogP contribution in [0.25, 0.3) is 0 Å². The molecule has 2 rings (SSSR count). The normalized spacial score (nSPS) is 19.7. The van der Waals surface area contributed by atoms with E-state index in [1.54, 1.807) is 18.2 Å². The molecule has 86 valence electrons. The van der Waals surface area contributed by atoms with E-state index in [1.807, 2.05) is 0 Å². The van der Waals surface area contributed by atoms with Crippen LogP contribution in [0.3, 0.4) is 0 Å². The third kappa shape index (κ3) is 2.46. The molecule has 0 bridgehead atoms. The molecule has 0 spiro atoms. The van der Waals surface area contributed by atoms with Gasteiger partial charge < -0.3 is 15.2 Å². The van der Waals surface area contributed by atoms with Gasteiger partial charge in [0.25, 0.3) is 0 Å². The van der Waals surface area contributed by atoms with Gasteiger partial charge in [-0.1, -0.05) is 11.6 Å². The van der Waals surface area contributed by atoms with Gasteiger partial charge in [0.05, 0.1) is 18.8 Å². The zero-order valence-electron chi connectivity index (χ0n) is 8.70. The van der Waals surface area contributed by atoms with Crippen molar-refractivity contribution in [2.45, 2.75) is 12.5 Å². The maximum absolute atomic E-state index is 7.44. The zero-order valence-corrected chi connectivity index (χ0v) is 9.46. The fourth-order valence-electron chi connectivity index (χ4n) is 1.60. The summed E-state index contributed by atoms with van der Waals surface area (Å²) >= 11 is 5.88. The molecular formula is C11H13ClN2O2. The molecule has 3 N–H and O–H groups in total. The van der Waals surface area contributed by atoms with Crippen LogP contribution in [0.4, 0.5) is 0 Å². The van der Waals surface area contributed by atoms with Crippen molar-refractivity contribution in [2.75, 3.05) is 13.2 Å². The van der Waals surface area contributed by atoms with Crippen molar-refractivity contribution in [2.24, 2.45) is 5.73 Å². The van der Waals surface area contributed by atoms with Crippen LogP contribution >= 0.6 is 11.6 Å². The number of nitrogen functional groups attached to an aromatic ring is 1. The van der Waals surface area contributed by atoms with Gasteiger partial charge in [-0.25, -0.2) is 0 Å². The molecule has 1 heterocycles. The lowest BCUT2D eigenvalue weighted by Gasteiger charge is -2.15. The number of nitrogens with one attached hydrogen (secondary N) is 1. The molecule has 1 saturated heterocycles. The summed E-state index contributed by atoms with van der Waals surface area (Å²) in [6, 6.07) is 5.06. The molecule has 4 nitrogen and oxygen atoms in total. The first-order chi connectivity index (χ1) is 7.66. The van der Waals surface area contributed by atoms with Crippen LogP contribution in [0.1, 0.15) is 12.0 Å². The van der Waals surface area contributed by atoms with E-state index in [2.05, 4.69) is 0 Å². The average molecular weight is 241 g/mol. The average Bonchev–Trinajstić information content (AvgIpc) is 2.70. The van der Waals surface area contributed by atoms with Crippen molar-refractivity contribution < 1.29 is 9.47 Å². The summed E-state index contributed by atoms with van der Waals surface area (Å²) in [5, 5.41) is 8.01. The van der Waals surface area contributed by atoms with Gasteiger partial charge in [0.2, 0.25) is 0 Å². The van der Waals surface area contributed by atoms with Crippen molar-refractivity contribution in [1.29, 1.82) is 5.41 Å². The van der Waals surface area contributed by atoms with E-state index in [-0.39, 0.29) is 11.9 Å². The van der Waals surface area contributed by atoms with Gasteiger partial charge in [-0.05, 0) is 18.2 Å². The molecule has 1 aliphatic heterocycles. The summed E-state index contributed by atoms with van der Waals surface area (Å²) < 4.78 is 10.9. The first-order valence-corrected chi connectivity index (χ1v) is 5.43. The number of benzene rings is 1. The van der Waals surface area contributed by atoms with E-state index in [1.165, 1.54) is 0 Å².